The van der Waals surface area contributed by atoms with Crippen molar-refractivity contribution >= 4 is 11.6 Å². The van der Waals surface area contributed by atoms with E-state index in [9.17, 15) is 4.79 Å². The second kappa shape index (κ2) is 4.33. The van der Waals surface area contributed by atoms with Gasteiger partial charge in [0.15, 0.2) is 0 Å². The molecule has 5 nitrogen and oxygen atoms in total. The molecule has 1 aromatic heterocycles. The van der Waals surface area contributed by atoms with Crippen molar-refractivity contribution in [1.29, 1.82) is 0 Å². The molecule has 2 rings (SSSR count). The van der Waals surface area contributed by atoms with Gasteiger partial charge in [0.25, 0.3) is 0 Å². The van der Waals surface area contributed by atoms with Crippen LogP contribution in [0.15, 0.2) is 18.3 Å². The molecule has 17 heavy (non-hydrogen) atoms. The zero-order valence-electron chi connectivity index (χ0n) is 10.0. The molecular formula is C12H18N4O. The van der Waals surface area contributed by atoms with E-state index in [1.807, 2.05) is 13.0 Å². The van der Waals surface area contributed by atoms with E-state index in [1.165, 1.54) is 0 Å². The summed E-state index contributed by atoms with van der Waals surface area (Å²) in [6, 6.07) is 3.63. The number of anilines is 1. The summed E-state index contributed by atoms with van der Waals surface area (Å²) < 4.78 is 0. The van der Waals surface area contributed by atoms with Crippen LogP contribution in [0.5, 0.6) is 0 Å². The van der Waals surface area contributed by atoms with Crippen molar-refractivity contribution in [2.75, 3.05) is 18.8 Å². The Labute approximate surface area is 101 Å². The third kappa shape index (κ3) is 2.55. The summed E-state index contributed by atoms with van der Waals surface area (Å²) in [6.07, 6.45) is 2.51. The maximum atomic E-state index is 11.3. The van der Waals surface area contributed by atoms with Gasteiger partial charge in [-0.3, -0.25) is 14.7 Å². The quantitative estimate of drug-likeness (QED) is 0.790. The van der Waals surface area contributed by atoms with Crippen LogP contribution in [0.3, 0.4) is 0 Å². The van der Waals surface area contributed by atoms with Crippen molar-refractivity contribution < 1.29 is 4.79 Å². The Hall–Kier alpha value is -1.62. The first-order chi connectivity index (χ1) is 7.99. The van der Waals surface area contributed by atoms with Crippen LogP contribution < -0.4 is 11.5 Å². The molecular weight excluding hydrogens is 216 g/mol. The monoisotopic (exact) mass is 234 g/mol. The van der Waals surface area contributed by atoms with Gasteiger partial charge in [-0.2, -0.15) is 0 Å². The molecule has 0 aromatic carbocycles. The van der Waals surface area contributed by atoms with E-state index in [1.54, 1.807) is 12.3 Å². The average molecular weight is 234 g/mol. The summed E-state index contributed by atoms with van der Waals surface area (Å²) in [5.41, 5.74) is 12.4. The third-order valence-electron chi connectivity index (χ3n) is 3.37. The molecule has 1 unspecified atom stereocenters. The highest BCUT2D eigenvalue weighted by atomic mass is 16.1. The first kappa shape index (κ1) is 11.9. The van der Waals surface area contributed by atoms with Crippen LogP contribution in [0.4, 0.5) is 5.69 Å². The summed E-state index contributed by atoms with van der Waals surface area (Å²) >= 11 is 0. The van der Waals surface area contributed by atoms with Crippen LogP contribution >= 0.6 is 0 Å². The maximum Gasteiger partial charge on any atom is 0.224 e. The lowest BCUT2D eigenvalue weighted by atomic mass is 9.89. The topological polar surface area (TPSA) is 85.2 Å². The fourth-order valence-electron chi connectivity index (χ4n) is 2.20. The molecule has 1 aliphatic rings. The van der Waals surface area contributed by atoms with Gasteiger partial charge >= 0.3 is 0 Å². The number of amides is 1. The molecule has 0 radical (unpaired) electrons. The molecule has 0 saturated carbocycles. The molecule has 1 fully saturated rings. The normalized spacial score (nSPS) is 25.0. The lowest BCUT2D eigenvalue weighted by Gasteiger charge is -2.20. The minimum Gasteiger partial charge on any atom is -0.399 e. The van der Waals surface area contributed by atoms with Crippen LogP contribution in [-0.2, 0) is 11.3 Å². The van der Waals surface area contributed by atoms with Crippen LogP contribution in [0.1, 0.15) is 19.0 Å². The number of carbonyl (C=O) groups is 1. The number of nitrogens with two attached hydrogens (primary N) is 2. The number of rotatable bonds is 3. The third-order valence-corrected chi connectivity index (χ3v) is 3.37. The van der Waals surface area contributed by atoms with E-state index in [-0.39, 0.29) is 5.91 Å². The van der Waals surface area contributed by atoms with E-state index >= 15 is 0 Å². The Morgan fingerprint density at radius 1 is 1.65 bits per heavy atom. The number of aromatic nitrogens is 1. The number of nitrogen functional groups attached to an aromatic ring is 1. The van der Waals surface area contributed by atoms with Gasteiger partial charge in [-0.25, -0.2) is 0 Å². The van der Waals surface area contributed by atoms with Crippen molar-refractivity contribution in [3.8, 4) is 0 Å². The van der Waals surface area contributed by atoms with Crippen molar-refractivity contribution in [1.82, 2.24) is 9.88 Å². The summed E-state index contributed by atoms with van der Waals surface area (Å²) in [5.74, 6) is -0.222. The lowest BCUT2D eigenvalue weighted by molar-refractivity contribution is -0.126. The Balaban J connectivity index is 2.01. The number of carbonyl (C=O) groups excluding carboxylic acids is 1. The van der Waals surface area contributed by atoms with Gasteiger partial charge in [0.05, 0.1) is 11.1 Å². The molecule has 0 spiro atoms. The Bertz CT molecular complexity index is 434. The Morgan fingerprint density at radius 2 is 2.41 bits per heavy atom. The minimum atomic E-state index is -0.402. The van der Waals surface area contributed by atoms with Gasteiger partial charge in [0, 0.05) is 25.0 Å². The SMILES string of the molecule is CC1(C(N)=O)CCN(Cc2cc(N)ccn2)C1. The highest BCUT2D eigenvalue weighted by Crippen LogP contribution is 2.30. The number of pyridine rings is 1. The molecule has 1 aliphatic heterocycles. The predicted octanol–water partition coefficient (Wildman–Crippen LogP) is 0.361. The summed E-state index contributed by atoms with van der Waals surface area (Å²) in [7, 11) is 0. The molecule has 4 N–H and O–H groups in total. The highest BCUT2D eigenvalue weighted by molar-refractivity contribution is 5.81. The number of nitrogens with zero attached hydrogens (tertiary/aromatic N) is 2. The van der Waals surface area contributed by atoms with Crippen LogP contribution in [-0.4, -0.2) is 28.9 Å². The fourth-order valence-corrected chi connectivity index (χ4v) is 2.20. The molecule has 0 aliphatic carbocycles. The van der Waals surface area contributed by atoms with Crippen LogP contribution in [0.25, 0.3) is 0 Å². The number of likely N-dealkylation sites (tertiary alicyclic amines) is 1. The highest BCUT2D eigenvalue weighted by Gasteiger charge is 2.38. The Kier molecular flexibility index (Phi) is 3.02. The van der Waals surface area contributed by atoms with Crippen molar-refractivity contribution in [3.05, 3.63) is 24.0 Å². The van der Waals surface area contributed by atoms with Gasteiger partial charge in [-0.15, -0.1) is 0 Å². The maximum absolute atomic E-state index is 11.3. The molecule has 2 heterocycles. The minimum absolute atomic E-state index is 0.222. The van der Waals surface area contributed by atoms with E-state index in [0.717, 1.165) is 18.7 Å². The van der Waals surface area contributed by atoms with Crippen molar-refractivity contribution in [2.45, 2.75) is 19.9 Å². The lowest BCUT2D eigenvalue weighted by Crippen LogP contribution is -2.37. The van der Waals surface area contributed by atoms with Gasteiger partial charge in [0.1, 0.15) is 0 Å². The van der Waals surface area contributed by atoms with Crippen molar-refractivity contribution in [3.63, 3.8) is 0 Å². The molecule has 92 valence electrons. The molecule has 1 amide bonds. The summed E-state index contributed by atoms with van der Waals surface area (Å²) in [4.78, 5) is 17.8. The first-order valence-electron chi connectivity index (χ1n) is 5.72. The second-order valence-corrected chi connectivity index (χ2v) is 4.97. The number of primary amides is 1. The smallest absolute Gasteiger partial charge is 0.224 e. The van der Waals surface area contributed by atoms with Gasteiger partial charge < -0.3 is 11.5 Å². The van der Waals surface area contributed by atoms with Crippen LogP contribution in [0.2, 0.25) is 0 Å². The zero-order valence-corrected chi connectivity index (χ0v) is 10.0. The predicted molar refractivity (Wildman–Crippen MR) is 65.8 cm³/mol. The molecule has 1 aromatic rings. The van der Waals surface area contributed by atoms with E-state index in [0.29, 0.717) is 18.8 Å². The van der Waals surface area contributed by atoms with Gasteiger partial charge in [-0.1, -0.05) is 0 Å². The van der Waals surface area contributed by atoms with Crippen molar-refractivity contribution in [2.24, 2.45) is 11.1 Å². The van der Waals surface area contributed by atoms with Gasteiger partial charge in [0.2, 0.25) is 5.91 Å². The average Bonchev–Trinajstić information content (AvgIpc) is 2.61. The molecule has 0 bridgehead atoms. The van der Waals surface area contributed by atoms with Gasteiger partial charge in [-0.05, 0) is 32.0 Å². The summed E-state index contributed by atoms with van der Waals surface area (Å²) in [6.45, 7) is 4.20. The first-order valence-corrected chi connectivity index (χ1v) is 5.72. The van der Waals surface area contributed by atoms with E-state index < -0.39 is 5.41 Å². The molecule has 1 atom stereocenters. The largest absolute Gasteiger partial charge is 0.399 e. The van der Waals surface area contributed by atoms with Crippen LogP contribution in [0, 0.1) is 5.41 Å². The Morgan fingerprint density at radius 3 is 3.00 bits per heavy atom. The fraction of sp³-hybridized carbons (Fsp3) is 0.500. The standard InChI is InChI=1S/C12H18N4O/c1-12(11(14)17)3-5-16(8-12)7-10-6-9(13)2-4-15-10/h2,4,6H,3,5,7-8H2,1H3,(H2,13,15)(H2,14,17). The molecule has 5 heteroatoms. The number of hydrogen-bond acceptors (Lipinski definition) is 4. The summed E-state index contributed by atoms with van der Waals surface area (Å²) in [5, 5.41) is 0. The zero-order chi connectivity index (χ0) is 12.5. The number of hydrogen-bond donors (Lipinski definition) is 2. The van der Waals surface area contributed by atoms with E-state index in [2.05, 4.69) is 9.88 Å². The molecule has 1 saturated heterocycles. The van der Waals surface area contributed by atoms with E-state index in [4.69, 9.17) is 11.5 Å². The second-order valence-electron chi connectivity index (χ2n) is 4.97.